The van der Waals surface area contributed by atoms with Crippen LogP contribution in [0.5, 0.6) is 0 Å². The molecule has 0 bridgehead atoms. The van der Waals surface area contributed by atoms with E-state index in [0.717, 1.165) is 13.1 Å². The highest BCUT2D eigenvalue weighted by atomic mass is 15.1. The number of nitrogens with zero attached hydrogens (tertiary/aromatic N) is 1. The van der Waals surface area contributed by atoms with E-state index in [2.05, 4.69) is 61.4 Å². The third-order valence-corrected chi connectivity index (χ3v) is 3.29. The Morgan fingerprint density at radius 1 is 1.11 bits per heavy atom. The van der Waals surface area contributed by atoms with Crippen LogP contribution in [0.3, 0.4) is 0 Å². The molecule has 0 radical (unpaired) electrons. The van der Waals surface area contributed by atoms with Gasteiger partial charge in [-0.05, 0) is 32.1 Å². The summed E-state index contributed by atoms with van der Waals surface area (Å²) in [6.07, 6.45) is 3.94. The number of likely N-dealkylation sites (N-methyl/N-ethyl adjacent to an activating group) is 2. The van der Waals surface area contributed by atoms with Crippen molar-refractivity contribution in [3.8, 4) is 0 Å². The number of rotatable bonds is 9. The molecule has 18 heavy (non-hydrogen) atoms. The van der Waals surface area contributed by atoms with E-state index in [4.69, 9.17) is 0 Å². The smallest absolute Gasteiger partial charge is 0.0449 e. The van der Waals surface area contributed by atoms with Crippen LogP contribution in [0.2, 0.25) is 0 Å². The summed E-state index contributed by atoms with van der Waals surface area (Å²) in [4.78, 5) is 2.44. The molecule has 0 saturated heterocycles. The van der Waals surface area contributed by atoms with Gasteiger partial charge in [-0.25, -0.2) is 0 Å². The van der Waals surface area contributed by atoms with E-state index in [0.29, 0.717) is 6.04 Å². The Morgan fingerprint density at radius 2 is 1.83 bits per heavy atom. The summed E-state index contributed by atoms with van der Waals surface area (Å²) < 4.78 is 0. The van der Waals surface area contributed by atoms with E-state index in [1.807, 2.05) is 0 Å². The first-order valence-electron chi connectivity index (χ1n) is 7.24. The van der Waals surface area contributed by atoms with Crippen LogP contribution in [0.25, 0.3) is 0 Å². The van der Waals surface area contributed by atoms with Crippen molar-refractivity contribution >= 4 is 0 Å². The second-order valence-corrected chi connectivity index (χ2v) is 4.99. The Kier molecular flexibility index (Phi) is 7.70. The van der Waals surface area contributed by atoms with Gasteiger partial charge < -0.3 is 10.2 Å². The fraction of sp³-hybridized carbons (Fsp3) is 0.625. The zero-order chi connectivity index (χ0) is 13.2. The molecular weight excluding hydrogens is 220 g/mol. The standard InChI is InChI=1S/C16H28N2/c1-4-6-10-13-18(3)14-16(17-5-2)15-11-8-7-9-12-15/h7-9,11-12,16-17H,4-6,10,13-14H2,1-3H3. The van der Waals surface area contributed by atoms with Crippen LogP contribution in [0.1, 0.15) is 44.7 Å². The number of hydrogen-bond donors (Lipinski definition) is 1. The fourth-order valence-electron chi connectivity index (χ4n) is 2.25. The van der Waals surface area contributed by atoms with Gasteiger partial charge in [0.15, 0.2) is 0 Å². The van der Waals surface area contributed by atoms with Crippen LogP contribution in [-0.4, -0.2) is 31.6 Å². The van der Waals surface area contributed by atoms with Gasteiger partial charge in [0.1, 0.15) is 0 Å². The van der Waals surface area contributed by atoms with Crippen LogP contribution in [0.4, 0.5) is 0 Å². The van der Waals surface area contributed by atoms with Crippen LogP contribution < -0.4 is 5.32 Å². The molecule has 1 N–H and O–H groups in total. The Bertz CT molecular complexity index is 297. The van der Waals surface area contributed by atoms with Crippen molar-refractivity contribution in [3.05, 3.63) is 35.9 Å². The quantitative estimate of drug-likeness (QED) is 0.673. The van der Waals surface area contributed by atoms with E-state index in [1.54, 1.807) is 0 Å². The minimum atomic E-state index is 0.447. The second kappa shape index (κ2) is 9.12. The average molecular weight is 248 g/mol. The Hall–Kier alpha value is -0.860. The molecule has 1 aromatic rings. The van der Waals surface area contributed by atoms with Gasteiger partial charge in [-0.1, -0.05) is 57.0 Å². The highest BCUT2D eigenvalue weighted by molar-refractivity contribution is 5.19. The molecule has 0 heterocycles. The average Bonchev–Trinajstić information content (AvgIpc) is 2.39. The van der Waals surface area contributed by atoms with Crippen molar-refractivity contribution in [3.63, 3.8) is 0 Å². The maximum Gasteiger partial charge on any atom is 0.0449 e. The highest BCUT2D eigenvalue weighted by Crippen LogP contribution is 2.13. The monoisotopic (exact) mass is 248 g/mol. The zero-order valence-electron chi connectivity index (χ0n) is 12.2. The molecule has 0 aromatic heterocycles. The lowest BCUT2D eigenvalue weighted by Gasteiger charge is -2.25. The Balaban J connectivity index is 2.47. The molecule has 1 unspecified atom stereocenters. The molecular formula is C16H28N2. The van der Waals surface area contributed by atoms with E-state index >= 15 is 0 Å². The molecule has 0 spiro atoms. The van der Waals surface area contributed by atoms with Gasteiger partial charge in [-0.15, -0.1) is 0 Å². The summed E-state index contributed by atoms with van der Waals surface area (Å²) in [5.41, 5.74) is 1.39. The predicted octanol–water partition coefficient (Wildman–Crippen LogP) is 3.46. The third kappa shape index (κ3) is 5.65. The molecule has 0 aliphatic carbocycles. The minimum absolute atomic E-state index is 0.447. The van der Waals surface area contributed by atoms with Gasteiger partial charge in [0.25, 0.3) is 0 Å². The lowest BCUT2D eigenvalue weighted by atomic mass is 10.1. The van der Waals surface area contributed by atoms with E-state index in [9.17, 15) is 0 Å². The van der Waals surface area contributed by atoms with Crippen LogP contribution in [0.15, 0.2) is 30.3 Å². The van der Waals surface area contributed by atoms with E-state index in [1.165, 1.54) is 31.4 Å². The van der Waals surface area contributed by atoms with Gasteiger partial charge >= 0.3 is 0 Å². The second-order valence-electron chi connectivity index (χ2n) is 4.99. The van der Waals surface area contributed by atoms with Crippen LogP contribution in [0, 0.1) is 0 Å². The summed E-state index contributed by atoms with van der Waals surface area (Å²) in [5, 5.41) is 3.58. The Labute approximate surface area is 112 Å². The summed E-state index contributed by atoms with van der Waals surface area (Å²) in [7, 11) is 2.23. The minimum Gasteiger partial charge on any atom is -0.309 e. The number of hydrogen-bond acceptors (Lipinski definition) is 2. The number of benzene rings is 1. The lowest BCUT2D eigenvalue weighted by molar-refractivity contribution is 0.286. The largest absolute Gasteiger partial charge is 0.309 e. The molecule has 0 amide bonds. The van der Waals surface area contributed by atoms with Crippen LogP contribution >= 0.6 is 0 Å². The first-order valence-corrected chi connectivity index (χ1v) is 7.24. The summed E-state index contributed by atoms with van der Waals surface area (Å²) in [6.45, 7) is 7.73. The molecule has 0 aliphatic rings. The van der Waals surface area contributed by atoms with Gasteiger partial charge in [-0.2, -0.15) is 0 Å². The molecule has 2 heteroatoms. The zero-order valence-corrected chi connectivity index (χ0v) is 12.2. The van der Waals surface area contributed by atoms with Crippen LogP contribution in [-0.2, 0) is 0 Å². The summed E-state index contributed by atoms with van der Waals surface area (Å²) >= 11 is 0. The lowest BCUT2D eigenvalue weighted by Crippen LogP contribution is -2.33. The first-order chi connectivity index (χ1) is 8.77. The number of nitrogens with one attached hydrogen (secondary N) is 1. The van der Waals surface area contributed by atoms with Gasteiger partial charge in [-0.3, -0.25) is 0 Å². The Morgan fingerprint density at radius 3 is 2.44 bits per heavy atom. The van der Waals surface area contributed by atoms with E-state index < -0.39 is 0 Å². The molecule has 102 valence electrons. The molecule has 1 aromatic carbocycles. The number of unbranched alkanes of at least 4 members (excludes halogenated alkanes) is 2. The third-order valence-electron chi connectivity index (χ3n) is 3.29. The maximum atomic E-state index is 3.58. The maximum absolute atomic E-state index is 3.58. The van der Waals surface area contributed by atoms with Crippen molar-refractivity contribution in [2.45, 2.75) is 39.2 Å². The van der Waals surface area contributed by atoms with E-state index in [-0.39, 0.29) is 0 Å². The predicted molar refractivity (Wildman–Crippen MR) is 79.9 cm³/mol. The van der Waals surface area contributed by atoms with Gasteiger partial charge in [0, 0.05) is 12.6 Å². The molecule has 1 rings (SSSR count). The molecule has 0 fully saturated rings. The van der Waals surface area contributed by atoms with Crippen molar-refractivity contribution < 1.29 is 0 Å². The summed E-state index contributed by atoms with van der Waals surface area (Å²) in [5.74, 6) is 0. The van der Waals surface area contributed by atoms with Crippen molar-refractivity contribution in [2.24, 2.45) is 0 Å². The topological polar surface area (TPSA) is 15.3 Å². The SMILES string of the molecule is CCCCCN(C)CC(NCC)c1ccccc1. The highest BCUT2D eigenvalue weighted by Gasteiger charge is 2.12. The van der Waals surface area contributed by atoms with Crippen molar-refractivity contribution in [1.29, 1.82) is 0 Å². The molecule has 2 nitrogen and oxygen atoms in total. The fourth-order valence-corrected chi connectivity index (χ4v) is 2.25. The van der Waals surface area contributed by atoms with Crippen molar-refractivity contribution in [2.75, 3.05) is 26.7 Å². The normalized spacial score (nSPS) is 12.9. The van der Waals surface area contributed by atoms with Gasteiger partial charge in [0.05, 0.1) is 0 Å². The molecule has 1 atom stereocenters. The van der Waals surface area contributed by atoms with Gasteiger partial charge in [0.2, 0.25) is 0 Å². The first kappa shape index (κ1) is 15.2. The van der Waals surface area contributed by atoms with Crippen molar-refractivity contribution in [1.82, 2.24) is 10.2 Å². The molecule has 0 saturated carbocycles. The molecule has 0 aliphatic heterocycles. The summed E-state index contributed by atoms with van der Waals surface area (Å²) in [6, 6.07) is 11.2.